The van der Waals surface area contributed by atoms with Gasteiger partial charge in [-0.05, 0) is 31.1 Å². The molecule has 0 saturated carbocycles. The largest absolute Gasteiger partial charge is 0.447 e. The Balaban J connectivity index is 1.68. The minimum Gasteiger partial charge on any atom is -0.447 e. The first-order chi connectivity index (χ1) is 8.77. The minimum atomic E-state index is -0.544. The summed E-state index contributed by atoms with van der Waals surface area (Å²) in [6.07, 6.45) is 8.50. The molecule has 0 aliphatic carbocycles. The van der Waals surface area contributed by atoms with E-state index < -0.39 is 6.09 Å². The molecular formula is C13H16N2O3. The van der Waals surface area contributed by atoms with E-state index >= 15 is 0 Å². The monoisotopic (exact) mass is 248 g/mol. The molecule has 0 bridgehead atoms. The molecule has 5 nitrogen and oxygen atoms in total. The number of nitrogens with zero attached hydrogens (tertiary/aromatic N) is 2. The third kappa shape index (κ3) is 3.23. The van der Waals surface area contributed by atoms with Gasteiger partial charge in [-0.1, -0.05) is 6.08 Å². The second kappa shape index (κ2) is 6.05. The van der Waals surface area contributed by atoms with E-state index in [2.05, 4.69) is 4.57 Å². The van der Waals surface area contributed by atoms with Crippen molar-refractivity contribution in [3.63, 3.8) is 0 Å². The zero-order valence-electron chi connectivity index (χ0n) is 10.1. The molecule has 1 aromatic heterocycles. The maximum Gasteiger partial charge on any atom is 0.416 e. The van der Waals surface area contributed by atoms with Gasteiger partial charge in [0.05, 0.1) is 6.54 Å². The van der Waals surface area contributed by atoms with Gasteiger partial charge in [0.1, 0.15) is 6.61 Å². The van der Waals surface area contributed by atoms with Crippen LogP contribution in [0, 0.1) is 0 Å². The Morgan fingerprint density at radius 1 is 1.39 bits per heavy atom. The third-order valence-corrected chi connectivity index (χ3v) is 2.74. The summed E-state index contributed by atoms with van der Waals surface area (Å²) in [6.45, 7) is 1.58. The van der Waals surface area contributed by atoms with E-state index in [-0.39, 0.29) is 5.91 Å². The highest BCUT2D eigenvalue weighted by Gasteiger charge is 2.26. The number of allylic oxidation sites excluding steroid dienone is 1. The second-order valence-electron chi connectivity index (χ2n) is 4.07. The number of carbonyl (C=O) groups excluding carboxylic acids is 2. The topological polar surface area (TPSA) is 51.5 Å². The van der Waals surface area contributed by atoms with E-state index in [1.165, 1.54) is 6.08 Å². The Morgan fingerprint density at radius 2 is 2.17 bits per heavy atom. The van der Waals surface area contributed by atoms with Crippen molar-refractivity contribution >= 4 is 12.0 Å². The number of rotatable bonds is 5. The number of unbranched alkanes of at least 4 members (excludes halogenated alkanes) is 1. The standard InChI is InChI=1S/C13H16N2O3/c16-12(15-10-11-18-13(15)17)6-2-1-3-7-14-8-4-5-9-14/h2,4-6,8-9H,1,3,7,10-11H2/b6-2+. The predicted octanol–water partition coefficient (Wildman–Crippen LogP) is 1.80. The number of amides is 2. The van der Waals surface area contributed by atoms with Crippen molar-refractivity contribution in [2.75, 3.05) is 13.2 Å². The fourth-order valence-corrected chi connectivity index (χ4v) is 1.78. The number of aromatic nitrogens is 1. The molecule has 0 unspecified atom stereocenters. The number of ether oxygens (including phenoxy) is 1. The number of imide groups is 1. The van der Waals surface area contributed by atoms with Crippen molar-refractivity contribution in [2.24, 2.45) is 0 Å². The van der Waals surface area contributed by atoms with Gasteiger partial charge in [0.25, 0.3) is 5.91 Å². The predicted molar refractivity (Wildman–Crippen MR) is 65.9 cm³/mol. The molecule has 18 heavy (non-hydrogen) atoms. The van der Waals surface area contributed by atoms with Crippen molar-refractivity contribution in [1.29, 1.82) is 0 Å². The molecular weight excluding hydrogens is 232 g/mol. The molecule has 2 amide bonds. The maximum atomic E-state index is 11.6. The summed E-state index contributed by atoms with van der Waals surface area (Å²) in [5, 5.41) is 0. The van der Waals surface area contributed by atoms with Gasteiger partial charge in [-0.2, -0.15) is 0 Å². The molecule has 5 heteroatoms. The maximum absolute atomic E-state index is 11.6. The van der Waals surface area contributed by atoms with Gasteiger partial charge >= 0.3 is 6.09 Å². The van der Waals surface area contributed by atoms with Gasteiger partial charge in [0.2, 0.25) is 0 Å². The van der Waals surface area contributed by atoms with Crippen molar-refractivity contribution in [3.8, 4) is 0 Å². The van der Waals surface area contributed by atoms with Gasteiger partial charge in [-0.25, -0.2) is 9.69 Å². The average molecular weight is 248 g/mol. The molecule has 0 N–H and O–H groups in total. The van der Waals surface area contributed by atoms with Crippen LogP contribution in [0.1, 0.15) is 12.8 Å². The molecule has 0 atom stereocenters. The lowest BCUT2D eigenvalue weighted by Crippen LogP contribution is -2.29. The smallest absolute Gasteiger partial charge is 0.416 e. The lowest BCUT2D eigenvalue weighted by Gasteiger charge is -2.06. The second-order valence-corrected chi connectivity index (χ2v) is 4.07. The van der Waals surface area contributed by atoms with E-state index in [0.717, 1.165) is 24.3 Å². The lowest BCUT2D eigenvalue weighted by atomic mass is 10.3. The van der Waals surface area contributed by atoms with Crippen LogP contribution in [0.15, 0.2) is 36.7 Å². The van der Waals surface area contributed by atoms with Crippen LogP contribution in [0.5, 0.6) is 0 Å². The summed E-state index contributed by atoms with van der Waals surface area (Å²) < 4.78 is 6.78. The van der Waals surface area contributed by atoms with Crippen molar-refractivity contribution in [2.45, 2.75) is 19.4 Å². The van der Waals surface area contributed by atoms with Crippen LogP contribution in [0.2, 0.25) is 0 Å². The highest BCUT2D eigenvalue weighted by atomic mass is 16.6. The molecule has 1 saturated heterocycles. The van der Waals surface area contributed by atoms with Crippen LogP contribution in [0.3, 0.4) is 0 Å². The molecule has 0 aromatic carbocycles. The number of cyclic esters (lactones) is 1. The molecule has 2 heterocycles. The number of aryl methyl sites for hydroxylation is 1. The zero-order valence-corrected chi connectivity index (χ0v) is 10.1. The van der Waals surface area contributed by atoms with E-state index in [9.17, 15) is 9.59 Å². The molecule has 1 aliphatic heterocycles. The molecule has 0 radical (unpaired) electrons. The number of hydrogen-bond donors (Lipinski definition) is 0. The SMILES string of the molecule is O=C(/C=C/CCCn1cccc1)N1CCOC1=O. The van der Waals surface area contributed by atoms with E-state index in [0.29, 0.717) is 13.2 Å². The Bertz CT molecular complexity index is 437. The summed E-state index contributed by atoms with van der Waals surface area (Å²) >= 11 is 0. The van der Waals surface area contributed by atoms with Crippen LogP contribution in [0.4, 0.5) is 4.79 Å². The van der Waals surface area contributed by atoms with Gasteiger partial charge in [-0.3, -0.25) is 4.79 Å². The quantitative estimate of drug-likeness (QED) is 0.589. The first-order valence-corrected chi connectivity index (χ1v) is 6.03. The van der Waals surface area contributed by atoms with Gasteiger partial charge in [0, 0.05) is 18.9 Å². The van der Waals surface area contributed by atoms with E-state index in [4.69, 9.17) is 4.74 Å². The van der Waals surface area contributed by atoms with Gasteiger partial charge in [0.15, 0.2) is 0 Å². The Labute approximate surface area is 106 Å². The van der Waals surface area contributed by atoms with Crippen LogP contribution >= 0.6 is 0 Å². The Hall–Kier alpha value is -2.04. The molecule has 96 valence electrons. The number of carbonyl (C=O) groups is 2. The van der Waals surface area contributed by atoms with Crippen LogP contribution in [0.25, 0.3) is 0 Å². The highest BCUT2D eigenvalue weighted by molar-refractivity contribution is 5.99. The van der Waals surface area contributed by atoms with Crippen molar-refractivity contribution in [3.05, 3.63) is 36.7 Å². The van der Waals surface area contributed by atoms with E-state index in [1.54, 1.807) is 6.08 Å². The normalized spacial score (nSPS) is 15.3. The molecule has 1 fully saturated rings. The third-order valence-electron chi connectivity index (χ3n) is 2.74. The summed E-state index contributed by atoms with van der Waals surface area (Å²) in [4.78, 5) is 23.8. The summed E-state index contributed by atoms with van der Waals surface area (Å²) in [5.41, 5.74) is 0. The first kappa shape index (κ1) is 12.4. The zero-order chi connectivity index (χ0) is 12.8. The minimum absolute atomic E-state index is 0.293. The van der Waals surface area contributed by atoms with E-state index in [1.807, 2.05) is 24.5 Å². The van der Waals surface area contributed by atoms with Crippen molar-refractivity contribution in [1.82, 2.24) is 9.47 Å². The summed E-state index contributed by atoms with van der Waals surface area (Å²) in [7, 11) is 0. The average Bonchev–Trinajstić information content (AvgIpc) is 2.99. The van der Waals surface area contributed by atoms with Gasteiger partial charge < -0.3 is 9.30 Å². The summed E-state index contributed by atoms with van der Waals surface area (Å²) in [6, 6.07) is 3.97. The van der Waals surface area contributed by atoms with Crippen LogP contribution in [-0.2, 0) is 16.1 Å². The van der Waals surface area contributed by atoms with Crippen molar-refractivity contribution < 1.29 is 14.3 Å². The van der Waals surface area contributed by atoms with Crippen LogP contribution < -0.4 is 0 Å². The number of hydrogen-bond acceptors (Lipinski definition) is 3. The lowest BCUT2D eigenvalue weighted by molar-refractivity contribution is -0.122. The first-order valence-electron chi connectivity index (χ1n) is 6.03. The Kier molecular flexibility index (Phi) is 4.17. The molecule has 1 aromatic rings. The van der Waals surface area contributed by atoms with Gasteiger partial charge in [-0.15, -0.1) is 0 Å². The molecule has 2 rings (SSSR count). The fourth-order valence-electron chi connectivity index (χ4n) is 1.78. The molecule has 0 spiro atoms. The molecule has 1 aliphatic rings. The van der Waals surface area contributed by atoms with Crippen LogP contribution in [-0.4, -0.2) is 34.6 Å². The highest BCUT2D eigenvalue weighted by Crippen LogP contribution is 2.05. The summed E-state index contributed by atoms with van der Waals surface area (Å²) in [5.74, 6) is -0.293. The Morgan fingerprint density at radius 3 is 2.83 bits per heavy atom. The fraction of sp³-hybridized carbons (Fsp3) is 0.385.